The highest BCUT2D eigenvalue weighted by Crippen LogP contribution is 2.33. The van der Waals surface area contributed by atoms with Crippen LogP contribution >= 0.6 is 15.9 Å². The van der Waals surface area contributed by atoms with E-state index in [1.807, 2.05) is 66.7 Å². The Kier molecular flexibility index (Phi) is 6.81. The molecule has 5 aromatic rings. The molecule has 0 spiro atoms. The zero-order valence-electron chi connectivity index (χ0n) is 19.3. The van der Waals surface area contributed by atoms with Gasteiger partial charge < -0.3 is 19.8 Å². The molecular weight excluding hydrogens is 522 g/mol. The number of hydrogen-bond donors (Lipinski definition) is 3. The zero-order valence-corrected chi connectivity index (χ0v) is 20.9. The fourth-order valence-electron chi connectivity index (χ4n) is 3.75. The van der Waals surface area contributed by atoms with Gasteiger partial charge in [0.2, 0.25) is 5.95 Å². The van der Waals surface area contributed by atoms with Crippen molar-refractivity contribution in [2.75, 3.05) is 24.5 Å². The average molecular weight is 544 g/mol. The van der Waals surface area contributed by atoms with Crippen LogP contribution in [-0.4, -0.2) is 35.8 Å². The molecule has 0 saturated carbocycles. The highest BCUT2D eigenvalue weighted by Gasteiger charge is 2.12. The fourth-order valence-corrected chi connectivity index (χ4v) is 4.18. The van der Waals surface area contributed by atoms with E-state index in [1.54, 1.807) is 25.5 Å². The van der Waals surface area contributed by atoms with Crippen LogP contribution in [0.5, 0.6) is 11.5 Å². The first-order valence-corrected chi connectivity index (χ1v) is 11.9. The van der Waals surface area contributed by atoms with Crippen LogP contribution in [0.25, 0.3) is 21.8 Å². The minimum atomic E-state index is -0.273. The summed E-state index contributed by atoms with van der Waals surface area (Å²) >= 11 is 3.53. The van der Waals surface area contributed by atoms with Crippen molar-refractivity contribution >= 4 is 61.5 Å². The number of benzene rings is 4. The molecule has 0 aliphatic carbocycles. The minimum Gasteiger partial charge on any atom is -0.493 e. The number of carbonyl (C=O) groups is 1. The summed E-state index contributed by atoms with van der Waals surface area (Å²) in [6.07, 6.45) is 1.64. The first-order chi connectivity index (χ1) is 17.6. The molecule has 180 valence electrons. The predicted octanol–water partition coefficient (Wildman–Crippen LogP) is 5.95. The van der Waals surface area contributed by atoms with Gasteiger partial charge in [0.05, 0.1) is 24.4 Å². The number of nitrogens with one attached hydrogen (secondary N) is 3. The van der Waals surface area contributed by atoms with E-state index >= 15 is 0 Å². The summed E-state index contributed by atoms with van der Waals surface area (Å²) in [6, 6.07) is 24.9. The van der Waals surface area contributed by atoms with Gasteiger partial charge in [-0.1, -0.05) is 48.5 Å². The third-order valence-electron chi connectivity index (χ3n) is 5.47. The molecule has 0 fully saturated rings. The van der Waals surface area contributed by atoms with Crippen molar-refractivity contribution in [1.82, 2.24) is 9.97 Å². The van der Waals surface area contributed by atoms with Gasteiger partial charge in [-0.15, -0.1) is 0 Å². The number of hydrazone groups is 1. The van der Waals surface area contributed by atoms with Crippen LogP contribution in [0.3, 0.4) is 0 Å². The monoisotopic (exact) mass is 543 g/mol. The summed E-state index contributed by atoms with van der Waals surface area (Å²) in [7, 11) is 1.54. The van der Waals surface area contributed by atoms with Crippen molar-refractivity contribution in [3.63, 3.8) is 0 Å². The van der Waals surface area contributed by atoms with Gasteiger partial charge in [-0.25, -0.2) is 10.4 Å². The Balaban J connectivity index is 1.24. The largest absolute Gasteiger partial charge is 0.493 e. The number of rotatable bonds is 8. The number of aromatic amines is 1. The lowest BCUT2D eigenvalue weighted by Gasteiger charge is -2.13. The maximum atomic E-state index is 12.6. The number of H-pyrrole nitrogens is 1. The number of aromatic nitrogens is 2. The quantitative estimate of drug-likeness (QED) is 0.166. The lowest BCUT2D eigenvalue weighted by molar-refractivity contribution is -0.118. The summed E-state index contributed by atoms with van der Waals surface area (Å²) in [4.78, 5) is 20.2. The van der Waals surface area contributed by atoms with Crippen molar-refractivity contribution in [3.05, 3.63) is 88.9 Å². The van der Waals surface area contributed by atoms with Gasteiger partial charge in [-0.2, -0.15) is 5.10 Å². The minimum absolute atomic E-state index is 0.174. The number of amides is 1. The summed E-state index contributed by atoms with van der Waals surface area (Å²) in [5, 5.41) is 9.19. The van der Waals surface area contributed by atoms with Gasteiger partial charge in [-0.05, 0) is 51.6 Å². The summed E-state index contributed by atoms with van der Waals surface area (Å²) in [6.45, 7) is -0.174. The van der Waals surface area contributed by atoms with E-state index in [4.69, 9.17) is 9.47 Å². The molecule has 1 aromatic heterocycles. The van der Waals surface area contributed by atoms with E-state index in [2.05, 4.69) is 41.7 Å². The summed E-state index contributed by atoms with van der Waals surface area (Å²) in [5.41, 5.74) is 6.15. The molecule has 1 amide bonds. The molecule has 4 aromatic carbocycles. The first-order valence-electron chi connectivity index (χ1n) is 11.1. The van der Waals surface area contributed by atoms with Crippen molar-refractivity contribution in [3.8, 4) is 11.5 Å². The van der Waals surface area contributed by atoms with Gasteiger partial charge in [0.15, 0.2) is 18.1 Å². The van der Waals surface area contributed by atoms with Crippen molar-refractivity contribution < 1.29 is 14.3 Å². The molecule has 36 heavy (non-hydrogen) atoms. The number of para-hydroxylation sites is 2. The molecule has 8 nitrogen and oxygen atoms in total. The van der Waals surface area contributed by atoms with Crippen LogP contribution in [0.4, 0.5) is 11.6 Å². The van der Waals surface area contributed by atoms with Crippen LogP contribution in [0.1, 0.15) is 5.56 Å². The molecule has 0 unspecified atom stereocenters. The number of anilines is 2. The zero-order chi connectivity index (χ0) is 24.9. The first kappa shape index (κ1) is 23.4. The molecular formula is C27H22BrN5O3. The number of hydrogen-bond acceptors (Lipinski definition) is 6. The second-order valence-corrected chi connectivity index (χ2v) is 8.72. The molecule has 0 aliphatic heterocycles. The Morgan fingerprint density at radius 3 is 2.72 bits per heavy atom. The average Bonchev–Trinajstić information content (AvgIpc) is 3.31. The van der Waals surface area contributed by atoms with Gasteiger partial charge in [0, 0.05) is 21.1 Å². The highest BCUT2D eigenvalue weighted by molar-refractivity contribution is 9.10. The molecule has 5 rings (SSSR count). The number of ether oxygens (including phenoxy) is 2. The number of nitrogens with zero attached hydrogens (tertiary/aromatic N) is 2. The molecule has 0 aliphatic rings. The van der Waals surface area contributed by atoms with E-state index in [9.17, 15) is 4.79 Å². The van der Waals surface area contributed by atoms with E-state index < -0.39 is 0 Å². The van der Waals surface area contributed by atoms with E-state index in [0.717, 1.165) is 37.5 Å². The number of carbonyl (C=O) groups excluding carboxylic acids is 1. The second kappa shape index (κ2) is 10.5. The highest BCUT2D eigenvalue weighted by atomic mass is 79.9. The predicted molar refractivity (Wildman–Crippen MR) is 146 cm³/mol. The molecule has 0 bridgehead atoms. The lowest BCUT2D eigenvalue weighted by Crippen LogP contribution is -2.20. The van der Waals surface area contributed by atoms with Crippen LogP contribution in [0.15, 0.2) is 88.4 Å². The Morgan fingerprint density at radius 1 is 1.06 bits per heavy atom. The van der Waals surface area contributed by atoms with E-state index in [0.29, 0.717) is 17.4 Å². The lowest BCUT2D eigenvalue weighted by atomic mass is 10.1. The Hall–Kier alpha value is -4.37. The summed E-state index contributed by atoms with van der Waals surface area (Å²) in [5.74, 6) is 1.17. The van der Waals surface area contributed by atoms with Crippen molar-refractivity contribution in [2.24, 2.45) is 5.10 Å². The standard InChI is InChI=1S/C27H22BrN5O3/c1-35-24-13-18(15-29-33-27-31-22-10-4-5-11-23(22)32-27)20(28)14-25(24)36-16-26(34)30-21-12-6-8-17-7-2-3-9-19(17)21/h2-15H,16H2,1H3,(H,30,34)(H2,31,32,33)/b29-15+. The Bertz CT molecular complexity index is 1540. The third-order valence-corrected chi connectivity index (χ3v) is 6.16. The normalized spacial score (nSPS) is 11.2. The van der Waals surface area contributed by atoms with Crippen molar-refractivity contribution in [2.45, 2.75) is 0 Å². The topological polar surface area (TPSA) is 101 Å². The molecule has 3 N–H and O–H groups in total. The second-order valence-electron chi connectivity index (χ2n) is 7.86. The molecule has 9 heteroatoms. The maximum Gasteiger partial charge on any atom is 0.262 e. The molecule has 0 atom stereocenters. The van der Waals surface area contributed by atoms with E-state index in [1.165, 1.54) is 0 Å². The van der Waals surface area contributed by atoms with Crippen LogP contribution in [0, 0.1) is 0 Å². The SMILES string of the molecule is COc1cc(/C=N/Nc2nc3ccccc3[nH]2)c(Br)cc1OCC(=O)Nc1cccc2ccccc12. The van der Waals surface area contributed by atoms with E-state index in [-0.39, 0.29) is 12.5 Å². The maximum absolute atomic E-state index is 12.6. The third kappa shape index (κ3) is 5.16. The smallest absolute Gasteiger partial charge is 0.262 e. The number of imidazole rings is 1. The molecule has 0 radical (unpaired) electrons. The molecule has 0 saturated heterocycles. The van der Waals surface area contributed by atoms with Gasteiger partial charge in [-0.3, -0.25) is 4.79 Å². The molecule has 1 heterocycles. The Labute approximate surface area is 215 Å². The van der Waals surface area contributed by atoms with Crippen LogP contribution < -0.4 is 20.2 Å². The fraction of sp³-hybridized carbons (Fsp3) is 0.0741. The van der Waals surface area contributed by atoms with Gasteiger partial charge in [0.1, 0.15) is 0 Å². The number of halogens is 1. The van der Waals surface area contributed by atoms with Gasteiger partial charge >= 0.3 is 0 Å². The summed E-state index contributed by atoms with van der Waals surface area (Å²) < 4.78 is 12.0. The van der Waals surface area contributed by atoms with Crippen molar-refractivity contribution in [1.29, 1.82) is 0 Å². The number of fused-ring (bicyclic) bond motifs is 2. The van der Waals surface area contributed by atoms with Crippen LogP contribution in [-0.2, 0) is 4.79 Å². The Morgan fingerprint density at radius 2 is 1.86 bits per heavy atom. The van der Waals surface area contributed by atoms with Crippen LogP contribution in [0.2, 0.25) is 0 Å². The van der Waals surface area contributed by atoms with Gasteiger partial charge in [0.25, 0.3) is 5.91 Å². The number of methoxy groups -OCH3 is 1.